The first kappa shape index (κ1) is 22.2. The molecule has 0 saturated heterocycles. The van der Waals surface area contributed by atoms with Gasteiger partial charge in [0.2, 0.25) is 5.91 Å². The number of carbonyl (C=O) groups excluding carboxylic acids is 1. The monoisotopic (exact) mass is 443 g/mol. The first-order valence-corrected chi connectivity index (χ1v) is 11.3. The first-order valence-electron chi connectivity index (χ1n) is 9.94. The third-order valence-electron chi connectivity index (χ3n) is 4.74. The van der Waals surface area contributed by atoms with Gasteiger partial charge in [0.25, 0.3) is 0 Å². The van der Waals surface area contributed by atoms with E-state index in [2.05, 4.69) is 27.8 Å². The molecule has 0 aliphatic heterocycles. The number of aryl methyl sites for hydroxylation is 2. The minimum Gasteiger partial charge on any atom is -0.378 e. The van der Waals surface area contributed by atoms with E-state index in [0.29, 0.717) is 11.6 Å². The summed E-state index contributed by atoms with van der Waals surface area (Å²) in [5, 5.41) is 16.4. The molecule has 0 spiro atoms. The van der Waals surface area contributed by atoms with Crippen molar-refractivity contribution in [3.8, 4) is 0 Å². The van der Waals surface area contributed by atoms with Crippen LogP contribution in [0.2, 0.25) is 5.02 Å². The average Bonchev–Trinajstić information content (AvgIpc) is 3.15. The largest absolute Gasteiger partial charge is 0.378 e. The van der Waals surface area contributed by atoms with Gasteiger partial charge in [-0.05, 0) is 55.7 Å². The Kier molecular flexibility index (Phi) is 7.76. The SMILES string of the molecule is CCc1cccc(C)c1NC(=O)CSc1nnc(CNc2ccc(Cl)cc2)n1CC. The third kappa shape index (κ3) is 5.55. The molecule has 0 radical (unpaired) electrons. The van der Waals surface area contributed by atoms with E-state index in [4.69, 9.17) is 11.6 Å². The molecule has 6 nitrogen and oxygen atoms in total. The number of thioether (sulfide) groups is 1. The summed E-state index contributed by atoms with van der Waals surface area (Å²) in [6.07, 6.45) is 0.874. The van der Waals surface area contributed by atoms with Crippen molar-refractivity contribution in [2.45, 2.75) is 45.4 Å². The van der Waals surface area contributed by atoms with Crippen LogP contribution < -0.4 is 10.6 Å². The predicted octanol–water partition coefficient (Wildman–Crippen LogP) is 5.17. The summed E-state index contributed by atoms with van der Waals surface area (Å²) in [7, 11) is 0. The van der Waals surface area contributed by atoms with E-state index in [1.165, 1.54) is 11.8 Å². The topological polar surface area (TPSA) is 71.8 Å². The molecule has 0 aliphatic carbocycles. The van der Waals surface area contributed by atoms with Crippen LogP contribution in [0.4, 0.5) is 11.4 Å². The second-order valence-corrected chi connectivity index (χ2v) is 8.18. The van der Waals surface area contributed by atoms with Crippen LogP contribution in [0.3, 0.4) is 0 Å². The van der Waals surface area contributed by atoms with Gasteiger partial charge >= 0.3 is 0 Å². The molecule has 3 aromatic rings. The van der Waals surface area contributed by atoms with Crippen molar-refractivity contribution in [2.24, 2.45) is 0 Å². The van der Waals surface area contributed by atoms with Crippen LogP contribution in [0, 0.1) is 6.92 Å². The number of nitrogens with one attached hydrogen (secondary N) is 2. The maximum atomic E-state index is 12.5. The molecule has 1 aromatic heterocycles. The van der Waals surface area contributed by atoms with Gasteiger partial charge in [0.15, 0.2) is 11.0 Å². The van der Waals surface area contributed by atoms with Crippen LogP contribution in [0.25, 0.3) is 0 Å². The molecule has 30 heavy (non-hydrogen) atoms. The fourth-order valence-electron chi connectivity index (χ4n) is 3.13. The number of hydrogen-bond donors (Lipinski definition) is 2. The molecule has 2 aromatic carbocycles. The normalized spacial score (nSPS) is 10.8. The zero-order chi connectivity index (χ0) is 21.5. The summed E-state index contributed by atoms with van der Waals surface area (Å²) in [5.74, 6) is 1.05. The van der Waals surface area contributed by atoms with E-state index < -0.39 is 0 Å². The van der Waals surface area contributed by atoms with Gasteiger partial charge in [-0.1, -0.05) is 48.5 Å². The number of nitrogens with zero attached hydrogens (tertiary/aromatic N) is 3. The van der Waals surface area contributed by atoms with E-state index in [1.54, 1.807) is 0 Å². The van der Waals surface area contributed by atoms with Crippen LogP contribution >= 0.6 is 23.4 Å². The molecule has 3 rings (SSSR count). The Bertz CT molecular complexity index is 1000. The summed E-state index contributed by atoms with van der Waals surface area (Å²) in [5.41, 5.74) is 4.08. The first-order chi connectivity index (χ1) is 14.5. The van der Waals surface area contributed by atoms with Gasteiger partial charge in [0.1, 0.15) is 0 Å². The Labute approximate surface area is 186 Å². The van der Waals surface area contributed by atoms with Crippen molar-refractivity contribution in [3.63, 3.8) is 0 Å². The summed E-state index contributed by atoms with van der Waals surface area (Å²) >= 11 is 7.32. The highest BCUT2D eigenvalue weighted by Gasteiger charge is 2.14. The lowest BCUT2D eigenvalue weighted by Crippen LogP contribution is -2.17. The molecule has 1 heterocycles. The molecule has 2 N–H and O–H groups in total. The Hall–Kier alpha value is -2.51. The standard InChI is InChI=1S/C22H26ClN5OS/c1-4-16-8-6-7-15(3)21(16)25-20(29)14-30-22-27-26-19(28(22)5-2)13-24-18-11-9-17(23)10-12-18/h6-12,24H,4-5,13-14H2,1-3H3,(H,25,29). The van der Waals surface area contributed by atoms with Gasteiger partial charge in [-0.3, -0.25) is 4.79 Å². The van der Waals surface area contributed by atoms with Gasteiger partial charge in [-0.2, -0.15) is 0 Å². The van der Waals surface area contributed by atoms with Crippen LogP contribution in [-0.2, 0) is 24.3 Å². The number of halogens is 1. The van der Waals surface area contributed by atoms with Crippen molar-refractivity contribution in [1.82, 2.24) is 14.8 Å². The van der Waals surface area contributed by atoms with Crippen LogP contribution in [-0.4, -0.2) is 26.4 Å². The third-order valence-corrected chi connectivity index (χ3v) is 5.96. The molecular weight excluding hydrogens is 418 g/mol. The van der Waals surface area contributed by atoms with Crippen molar-refractivity contribution in [2.75, 3.05) is 16.4 Å². The molecule has 0 fully saturated rings. The summed E-state index contributed by atoms with van der Waals surface area (Å²) in [6, 6.07) is 13.6. The van der Waals surface area contributed by atoms with Crippen molar-refractivity contribution in [1.29, 1.82) is 0 Å². The van der Waals surface area contributed by atoms with Gasteiger partial charge in [-0.15, -0.1) is 10.2 Å². The Balaban J connectivity index is 1.60. The van der Waals surface area contributed by atoms with Gasteiger partial charge in [0.05, 0.1) is 12.3 Å². The molecule has 0 saturated carbocycles. The lowest BCUT2D eigenvalue weighted by molar-refractivity contribution is -0.113. The zero-order valence-electron chi connectivity index (χ0n) is 17.4. The van der Waals surface area contributed by atoms with Gasteiger partial charge < -0.3 is 15.2 Å². The molecule has 8 heteroatoms. The second kappa shape index (κ2) is 10.5. The van der Waals surface area contributed by atoms with Crippen LogP contribution in [0.5, 0.6) is 0 Å². The molecular formula is C22H26ClN5OS. The number of benzene rings is 2. The lowest BCUT2D eigenvalue weighted by Gasteiger charge is -2.13. The van der Waals surface area contributed by atoms with E-state index in [1.807, 2.05) is 60.9 Å². The number of carbonyl (C=O) groups is 1. The fourth-order valence-corrected chi connectivity index (χ4v) is 4.08. The molecule has 0 bridgehead atoms. The summed E-state index contributed by atoms with van der Waals surface area (Å²) < 4.78 is 2.02. The molecule has 0 unspecified atom stereocenters. The van der Waals surface area contributed by atoms with Gasteiger partial charge in [-0.25, -0.2) is 0 Å². The van der Waals surface area contributed by atoms with Gasteiger partial charge in [0, 0.05) is 22.9 Å². The van der Waals surface area contributed by atoms with Crippen molar-refractivity contribution < 1.29 is 4.79 Å². The maximum Gasteiger partial charge on any atom is 0.234 e. The number of amides is 1. The maximum absolute atomic E-state index is 12.5. The van der Waals surface area contributed by atoms with Crippen molar-refractivity contribution >= 4 is 40.6 Å². The predicted molar refractivity (Wildman–Crippen MR) is 124 cm³/mol. The van der Waals surface area contributed by atoms with Crippen LogP contribution in [0.15, 0.2) is 47.6 Å². The Morgan fingerprint density at radius 3 is 2.60 bits per heavy atom. The van der Waals surface area contributed by atoms with Crippen molar-refractivity contribution in [3.05, 3.63) is 64.4 Å². The molecule has 1 amide bonds. The second-order valence-electron chi connectivity index (χ2n) is 6.80. The van der Waals surface area contributed by atoms with Crippen LogP contribution in [0.1, 0.15) is 30.8 Å². The number of hydrogen-bond acceptors (Lipinski definition) is 5. The summed E-state index contributed by atoms with van der Waals surface area (Å²) in [4.78, 5) is 12.5. The van der Waals surface area contributed by atoms with E-state index >= 15 is 0 Å². The van der Waals surface area contributed by atoms with E-state index in [-0.39, 0.29) is 11.7 Å². The number of para-hydroxylation sites is 1. The highest BCUT2D eigenvalue weighted by atomic mass is 35.5. The summed E-state index contributed by atoms with van der Waals surface area (Å²) in [6.45, 7) is 7.41. The minimum atomic E-state index is -0.0458. The highest BCUT2D eigenvalue weighted by molar-refractivity contribution is 7.99. The quantitative estimate of drug-likeness (QED) is 0.446. The fraction of sp³-hybridized carbons (Fsp3) is 0.318. The van der Waals surface area contributed by atoms with E-state index in [9.17, 15) is 4.79 Å². The minimum absolute atomic E-state index is 0.0458. The highest BCUT2D eigenvalue weighted by Crippen LogP contribution is 2.23. The average molecular weight is 444 g/mol. The Morgan fingerprint density at radius 2 is 1.90 bits per heavy atom. The Morgan fingerprint density at radius 1 is 1.13 bits per heavy atom. The number of rotatable bonds is 9. The number of anilines is 2. The molecule has 158 valence electrons. The zero-order valence-corrected chi connectivity index (χ0v) is 19.0. The number of aromatic nitrogens is 3. The molecule has 0 atom stereocenters. The smallest absolute Gasteiger partial charge is 0.234 e. The lowest BCUT2D eigenvalue weighted by atomic mass is 10.1. The van der Waals surface area contributed by atoms with E-state index in [0.717, 1.165) is 46.4 Å². The molecule has 0 aliphatic rings.